The number of nitrogens with zero attached hydrogens (tertiary/aromatic N) is 1. The van der Waals surface area contributed by atoms with E-state index in [4.69, 9.17) is 21.2 Å². The lowest BCUT2D eigenvalue weighted by atomic mass is 9.50. The van der Waals surface area contributed by atoms with E-state index in [0.29, 0.717) is 108 Å². The summed E-state index contributed by atoms with van der Waals surface area (Å²) in [7, 11) is 1.49. The Kier molecular flexibility index (Phi) is 19.9. The molecule has 1 saturated heterocycles. The number of hydrogen-bond acceptors (Lipinski definition) is 15. The van der Waals surface area contributed by atoms with Crippen LogP contribution in [0, 0.1) is 82.0 Å². The summed E-state index contributed by atoms with van der Waals surface area (Å²) in [5, 5.41) is 58.4. The number of piperidine rings is 1. The standard InChI is InChI=1S/C80H105N9O6/c1-48(91)70-34-56-32-62-36-68-60(46-86-61-17-6-7-18-61)41-80(76(56)68)73-22-21-52(40-79(73,43-74(80)89-70)42-69-65-23-26-83-44-57(65)30-54-16-10-24-84-77(54)69)29-63(92)37-64(93)33-59(47-90)66-38-72(95-2)71(94)35-55(66)31-58-45-87-75(81)39-67(58)53(15-9-25-85-78(82)88-62)28-51-14-8-13-50(27-51)20-19-49-11-4-3-5-12-49/h3-5,8,10-14,16,27,33-35,38-39,45,48,52-54,57,60-62,65,68-70,73-77,83-84,86-87,89-91,94H,6-7,15,17-24,26,28-32,36-37,40-44,46-47,81H2,1-2H3,(H3,82,85,88)/b59-33+/t48-,52-,53+,54-,57-,60+,62+,65+,68+,69-,70-,73+,74+,75?,76-,77+,79-,80-/m0/s1. The first-order valence-electron chi connectivity index (χ1n) is 36.6. The number of carbonyl (C=O) groups excluding carboxylic acids is 2. The van der Waals surface area contributed by atoms with Gasteiger partial charge in [0.25, 0.3) is 0 Å². The lowest BCUT2D eigenvalue weighted by Crippen LogP contribution is -2.57. The Bertz CT molecular complexity index is 3560. The van der Waals surface area contributed by atoms with Gasteiger partial charge in [0.1, 0.15) is 5.78 Å². The summed E-state index contributed by atoms with van der Waals surface area (Å²) >= 11 is 0. The molecule has 15 nitrogen and oxygen atoms in total. The zero-order valence-corrected chi connectivity index (χ0v) is 56.2. The van der Waals surface area contributed by atoms with Crippen molar-refractivity contribution in [2.75, 3.05) is 39.9 Å². The third kappa shape index (κ3) is 13.8. The number of fused-ring (bicyclic) bond motifs is 2. The molecule has 506 valence electrons. The average molecular weight is 1290 g/mol. The smallest absolute Gasteiger partial charge is 0.202 e. The van der Waals surface area contributed by atoms with Gasteiger partial charge in [-0.15, -0.1) is 0 Å². The number of rotatable bonds is 13. The number of aromatic hydroxyl groups is 1. The number of carbonyl (C=O) groups is 2. The van der Waals surface area contributed by atoms with E-state index in [9.17, 15) is 24.9 Å². The van der Waals surface area contributed by atoms with Crippen molar-refractivity contribution in [2.45, 2.75) is 184 Å². The predicted molar refractivity (Wildman–Crippen MR) is 375 cm³/mol. The predicted octanol–water partition coefficient (Wildman–Crippen LogP) is 9.02. The molecule has 3 aromatic carbocycles. The third-order valence-electron chi connectivity index (χ3n) is 25.5. The van der Waals surface area contributed by atoms with Crippen LogP contribution in [0.2, 0.25) is 0 Å². The van der Waals surface area contributed by atoms with Crippen LogP contribution >= 0.6 is 0 Å². The largest absolute Gasteiger partial charge is 0.504 e. The molecule has 1 spiro atoms. The van der Waals surface area contributed by atoms with Gasteiger partial charge in [-0.05, 0) is 268 Å². The number of ether oxygens (including phenoxy) is 1. The molecule has 13 N–H and O–H groups in total. The van der Waals surface area contributed by atoms with E-state index in [1.54, 1.807) is 12.1 Å². The van der Waals surface area contributed by atoms with Gasteiger partial charge in [0.05, 0.1) is 38.4 Å². The highest BCUT2D eigenvalue weighted by molar-refractivity contribution is 6.08. The summed E-state index contributed by atoms with van der Waals surface area (Å²) in [6.45, 7) is 5.48. The van der Waals surface area contributed by atoms with E-state index in [1.165, 1.54) is 68.4 Å². The van der Waals surface area contributed by atoms with E-state index in [-0.39, 0.29) is 70.3 Å². The molecule has 15 heteroatoms. The second-order valence-corrected chi connectivity index (χ2v) is 31.2. The van der Waals surface area contributed by atoms with Crippen LogP contribution < -0.4 is 48.1 Å². The molecule has 6 saturated carbocycles. The highest BCUT2D eigenvalue weighted by atomic mass is 16.5. The van der Waals surface area contributed by atoms with Crippen molar-refractivity contribution < 1.29 is 29.6 Å². The molecule has 0 aromatic heterocycles. The van der Waals surface area contributed by atoms with Crippen LogP contribution in [0.1, 0.15) is 144 Å². The van der Waals surface area contributed by atoms with Gasteiger partial charge in [0.2, 0.25) is 5.96 Å². The Morgan fingerprint density at radius 3 is 2.58 bits per heavy atom. The Hall–Kier alpha value is -6.35. The summed E-state index contributed by atoms with van der Waals surface area (Å²) in [4.78, 5) is 34.4. The zero-order valence-electron chi connectivity index (χ0n) is 56.2. The maximum Gasteiger partial charge on any atom is 0.202 e. The first-order chi connectivity index (χ1) is 46.2. The second kappa shape index (κ2) is 28.6. The van der Waals surface area contributed by atoms with E-state index >= 15 is 0 Å². The first-order valence-corrected chi connectivity index (χ1v) is 36.6. The minimum absolute atomic E-state index is 0.0159. The van der Waals surface area contributed by atoms with Crippen LogP contribution in [0.4, 0.5) is 0 Å². The quantitative estimate of drug-likeness (QED) is 0.0435. The van der Waals surface area contributed by atoms with Gasteiger partial charge < -0.3 is 63.4 Å². The van der Waals surface area contributed by atoms with Gasteiger partial charge in [0, 0.05) is 55.8 Å². The number of guanidine groups is 1. The first kappa shape index (κ1) is 65.9. The highest BCUT2D eigenvalue weighted by Gasteiger charge is 2.72. The van der Waals surface area contributed by atoms with Crippen LogP contribution in [-0.2, 0) is 35.3 Å². The Morgan fingerprint density at radius 2 is 1.75 bits per heavy atom. The van der Waals surface area contributed by atoms with Gasteiger partial charge >= 0.3 is 0 Å². The minimum Gasteiger partial charge on any atom is -0.504 e. The van der Waals surface area contributed by atoms with Crippen LogP contribution in [0.15, 0.2) is 125 Å². The minimum atomic E-state index is -0.607. The lowest BCUT2D eigenvalue weighted by molar-refractivity contribution is -0.126. The fraction of sp³-hybridized carbons (Fsp3) is 0.588. The molecular formula is C80H105N9O6. The molecule has 14 aliphatic rings. The Balaban J connectivity index is 0.854. The lowest BCUT2D eigenvalue weighted by Gasteiger charge is -2.56. The molecule has 8 aliphatic heterocycles. The van der Waals surface area contributed by atoms with Gasteiger partial charge in [0.15, 0.2) is 17.3 Å². The van der Waals surface area contributed by atoms with Crippen LogP contribution in [0.25, 0.3) is 5.57 Å². The van der Waals surface area contributed by atoms with Crippen LogP contribution in [0.3, 0.4) is 0 Å². The van der Waals surface area contributed by atoms with Crippen molar-refractivity contribution in [1.29, 1.82) is 0 Å². The highest BCUT2D eigenvalue weighted by Crippen LogP contribution is 2.75. The van der Waals surface area contributed by atoms with Crippen molar-refractivity contribution >= 4 is 23.1 Å². The number of Topliss-reactive ketones (excluding diaryl/α,β-unsaturated/α-hetero) is 1. The normalized spacial score (nSPS) is 36.4. The van der Waals surface area contributed by atoms with Gasteiger partial charge in [-0.1, -0.05) is 97.2 Å². The summed E-state index contributed by atoms with van der Waals surface area (Å²) < 4.78 is 5.70. The molecule has 3 aromatic rings. The Morgan fingerprint density at radius 1 is 0.916 bits per heavy atom. The van der Waals surface area contributed by atoms with Crippen LogP contribution in [0.5, 0.6) is 11.5 Å². The molecule has 18 atom stereocenters. The SMILES string of the molecule is COc1cc2c(cc1O)CC1=CNC(N)C=C1[C@@H](Cc1cccc(CCc3ccccc3)c1)CC#CN=C(N)N[C@@H]1CC3=C[C@@H]([C@H](C)O)N[C@@H]4C[C@@]5(C[C@H]6[C@@H]7CCNC[C@@H]7C[C@@H]7C=CCN[C@@H]67)C[C@@H](CC[C@H]5[C@@]45C[C@H](CNC4CCCC4)[C@@H](C1)[C@H]35)CC(=O)CC(=O)/C=C/2CO. The molecule has 95 heavy (non-hydrogen) atoms. The Labute approximate surface area is 563 Å². The van der Waals surface area contributed by atoms with E-state index in [0.717, 1.165) is 107 Å². The third-order valence-corrected chi connectivity index (χ3v) is 25.5. The molecule has 7 fully saturated rings. The maximum absolute atomic E-state index is 14.9. The van der Waals surface area contributed by atoms with E-state index in [1.807, 2.05) is 13.1 Å². The second-order valence-electron chi connectivity index (χ2n) is 31.2. The van der Waals surface area contributed by atoms with Crippen molar-refractivity contribution in [3.8, 4) is 23.5 Å². The number of aliphatic hydroxyl groups is 2. The topological polar surface area (TPSA) is 241 Å². The summed E-state index contributed by atoms with van der Waals surface area (Å²) in [5.41, 5.74) is 22.3. The number of phenols is 1. The van der Waals surface area contributed by atoms with Crippen molar-refractivity contribution in [3.05, 3.63) is 148 Å². The van der Waals surface area contributed by atoms with E-state index in [2.05, 4.69) is 123 Å². The summed E-state index contributed by atoms with van der Waals surface area (Å²) in [5.74, 6) is 7.15. The van der Waals surface area contributed by atoms with Gasteiger partial charge in [-0.25, -0.2) is 0 Å². The number of aryl methyl sites for hydroxylation is 2. The molecule has 8 heterocycles. The number of hydrogen-bond donors (Lipinski definition) is 11. The molecule has 0 amide bonds. The fourth-order valence-corrected chi connectivity index (χ4v) is 21.9. The van der Waals surface area contributed by atoms with Gasteiger partial charge in [-0.3, -0.25) is 9.59 Å². The monoisotopic (exact) mass is 1290 g/mol. The van der Waals surface area contributed by atoms with E-state index < -0.39 is 18.9 Å². The maximum atomic E-state index is 14.9. The number of methoxy groups -OCH3 is 1. The molecule has 6 aliphatic carbocycles. The number of benzene rings is 3. The number of aliphatic hydroxyl groups excluding tert-OH is 2. The number of ketones is 2. The van der Waals surface area contributed by atoms with Crippen molar-refractivity contribution in [1.82, 2.24) is 31.9 Å². The van der Waals surface area contributed by atoms with Gasteiger partial charge in [-0.2, -0.15) is 4.99 Å². The number of nitrogens with one attached hydrogen (secondary N) is 6. The molecular weight excluding hydrogens is 1180 g/mol. The van der Waals surface area contributed by atoms with Crippen LogP contribution in [-0.4, -0.2) is 115 Å². The average Bonchev–Trinajstić information content (AvgIpc) is 1.51. The number of allylic oxidation sites excluding steroid dienone is 3. The molecule has 0 radical (unpaired) electrons. The van der Waals surface area contributed by atoms with Crippen molar-refractivity contribution in [3.63, 3.8) is 0 Å². The van der Waals surface area contributed by atoms with Crippen molar-refractivity contribution in [2.24, 2.45) is 86.5 Å². The molecule has 1 unspecified atom stereocenters. The number of aliphatic imine (C=N–C) groups is 1. The zero-order chi connectivity index (χ0) is 65.4. The number of phenolic OH excluding ortho intramolecular Hbond substituents is 1. The fourth-order valence-electron chi connectivity index (χ4n) is 21.9. The molecule has 8 bridgehead atoms. The summed E-state index contributed by atoms with van der Waals surface area (Å²) in [6.07, 6.45) is 30.3. The number of nitrogens with two attached hydrogens (primary N) is 2. The number of dihydropyridines is 1. The molecule has 17 rings (SSSR count). The summed E-state index contributed by atoms with van der Waals surface area (Å²) in [6, 6.07) is 26.8.